The van der Waals surface area contributed by atoms with Gasteiger partial charge in [0.25, 0.3) is 0 Å². The Morgan fingerprint density at radius 3 is 2.86 bits per heavy atom. The molecule has 0 radical (unpaired) electrons. The molecule has 0 atom stereocenters. The van der Waals surface area contributed by atoms with E-state index in [1.165, 1.54) is 18.0 Å². The number of carbonyl (C=O) groups is 2. The second kappa shape index (κ2) is 6.70. The summed E-state index contributed by atoms with van der Waals surface area (Å²) in [5.74, 6) is -0.811. The second-order valence-electron chi connectivity index (χ2n) is 4.71. The molecule has 0 aliphatic rings. The molecule has 0 saturated heterocycles. The summed E-state index contributed by atoms with van der Waals surface area (Å²) >= 11 is 0. The Balaban J connectivity index is 2.09. The number of aryl methyl sites for hydroxylation is 1. The van der Waals surface area contributed by atoms with E-state index in [9.17, 15) is 9.59 Å². The van der Waals surface area contributed by atoms with Crippen LogP contribution in [0.1, 0.15) is 11.3 Å². The number of carboxylic acids is 1. The van der Waals surface area contributed by atoms with E-state index in [0.29, 0.717) is 17.1 Å². The number of carbonyl (C=O) groups excluding carboxylic acids is 1. The van der Waals surface area contributed by atoms with Crippen molar-refractivity contribution < 1.29 is 19.4 Å². The van der Waals surface area contributed by atoms with Gasteiger partial charge in [-0.1, -0.05) is 11.3 Å². The van der Waals surface area contributed by atoms with Crippen LogP contribution < -0.4 is 10.1 Å². The van der Waals surface area contributed by atoms with Crippen molar-refractivity contribution in [2.45, 2.75) is 19.9 Å². The van der Waals surface area contributed by atoms with E-state index in [-0.39, 0.29) is 18.9 Å². The summed E-state index contributed by atoms with van der Waals surface area (Å²) in [6.45, 7) is 1.77. The third kappa shape index (κ3) is 3.81. The van der Waals surface area contributed by atoms with Crippen molar-refractivity contribution in [2.75, 3.05) is 12.4 Å². The van der Waals surface area contributed by atoms with Crippen molar-refractivity contribution in [3.05, 3.63) is 35.7 Å². The molecular formula is C14H16N4O4. The number of methoxy groups -OCH3 is 1. The Morgan fingerprint density at radius 2 is 2.18 bits per heavy atom. The molecule has 0 spiro atoms. The average Bonchev–Trinajstić information content (AvgIpc) is 2.85. The molecule has 8 nitrogen and oxygen atoms in total. The molecule has 2 N–H and O–H groups in total. The Bertz CT molecular complexity index is 696. The number of aromatic nitrogens is 3. The summed E-state index contributed by atoms with van der Waals surface area (Å²) < 4.78 is 6.44. The molecule has 0 saturated carbocycles. The zero-order valence-corrected chi connectivity index (χ0v) is 12.2. The molecule has 116 valence electrons. The summed E-state index contributed by atoms with van der Waals surface area (Å²) in [7, 11) is 1.52. The van der Waals surface area contributed by atoms with E-state index < -0.39 is 5.97 Å². The molecule has 0 bridgehead atoms. The maximum atomic E-state index is 12.1. The number of nitrogens with one attached hydrogen (secondary N) is 1. The van der Waals surface area contributed by atoms with Gasteiger partial charge in [0.1, 0.15) is 12.3 Å². The van der Waals surface area contributed by atoms with Gasteiger partial charge in [-0.15, -0.1) is 5.10 Å². The number of nitrogens with zero attached hydrogens (tertiary/aromatic N) is 3. The van der Waals surface area contributed by atoms with Crippen LogP contribution in [0.25, 0.3) is 0 Å². The standard InChI is InChI=1S/C14H16N4O4/c1-9-3-4-12(22-2)11(5-9)16-13(19)8-18-10(6-14(20)21)7-15-17-18/h3-5,7H,6,8H2,1-2H3,(H,16,19)(H,20,21). The lowest BCUT2D eigenvalue weighted by atomic mass is 10.2. The van der Waals surface area contributed by atoms with Crippen LogP contribution in [0.5, 0.6) is 5.75 Å². The summed E-state index contributed by atoms with van der Waals surface area (Å²) in [6, 6.07) is 5.42. The van der Waals surface area contributed by atoms with E-state index in [1.807, 2.05) is 13.0 Å². The molecule has 1 aromatic carbocycles. The highest BCUT2D eigenvalue weighted by Gasteiger charge is 2.13. The largest absolute Gasteiger partial charge is 0.495 e. The summed E-state index contributed by atoms with van der Waals surface area (Å²) in [5, 5.41) is 18.9. The molecule has 0 aliphatic heterocycles. The molecule has 0 fully saturated rings. The minimum Gasteiger partial charge on any atom is -0.495 e. The molecule has 2 aromatic rings. The SMILES string of the molecule is COc1ccc(C)cc1NC(=O)Cn1nncc1CC(=O)O. The van der Waals surface area contributed by atoms with Gasteiger partial charge < -0.3 is 15.2 Å². The van der Waals surface area contributed by atoms with Crippen molar-refractivity contribution in [3.8, 4) is 5.75 Å². The molecule has 1 aromatic heterocycles. The van der Waals surface area contributed by atoms with E-state index >= 15 is 0 Å². The van der Waals surface area contributed by atoms with Crippen LogP contribution in [-0.2, 0) is 22.6 Å². The topological polar surface area (TPSA) is 106 Å². The zero-order chi connectivity index (χ0) is 16.1. The van der Waals surface area contributed by atoms with Crippen molar-refractivity contribution in [1.82, 2.24) is 15.0 Å². The van der Waals surface area contributed by atoms with Crippen LogP contribution in [0.3, 0.4) is 0 Å². The van der Waals surface area contributed by atoms with Gasteiger partial charge in [-0.3, -0.25) is 9.59 Å². The lowest BCUT2D eigenvalue weighted by molar-refractivity contribution is -0.136. The number of benzene rings is 1. The molecule has 1 amide bonds. The molecule has 22 heavy (non-hydrogen) atoms. The van der Waals surface area contributed by atoms with Gasteiger partial charge in [0, 0.05) is 0 Å². The first-order valence-corrected chi connectivity index (χ1v) is 6.53. The van der Waals surface area contributed by atoms with E-state index in [4.69, 9.17) is 9.84 Å². The molecular weight excluding hydrogens is 288 g/mol. The lowest BCUT2D eigenvalue weighted by Crippen LogP contribution is -2.22. The number of anilines is 1. The van der Waals surface area contributed by atoms with Gasteiger partial charge in [0.2, 0.25) is 5.91 Å². The number of hydrogen-bond donors (Lipinski definition) is 2. The molecule has 1 heterocycles. The first kappa shape index (κ1) is 15.5. The average molecular weight is 304 g/mol. The third-order valence-electron chi connectivity index (χ3n) is 2.95. The van der Waals surface area contributed by atoms with Crippen molar-refractivity contribution in [2.24, 2.45) is 0 Å². The van der Waals surface area contributed by atoms with Crippen LogP contribution in [0.2, 0.25) is 0 Å². The Hall–Kier alpha value is -2.90. The third-order valence-corrected chi connectivity index (χ3v) is 2.95. The van der Waals surface area contributed by atoms with Gasteiger partial charge in [0.05, 0.1) is 31.1 Å². The maximum absolute atomic E-state index is 12.1. The van der Waals surface area contributed by atoms with Gasteiger partial charge in [-0.2, -0.15) is 0 Å². The minimum absolute atomic E-state index is 0.125. The normalized spacial score (nSPS) is 10.3. The van der Waals surface area contributed by atoms with Crippen LogP contribution in [0.15, 0.2) is 24.4 Å². The van der Waals surface area contributed by atoms with Crippen LogP contribution in [-0.4, -0.2) is 39.1 Å². The lowest BCUT2D eigenvalue weighted by Gasteiger charge is -2.11. The maximum Gasteiger partial charge on any atom is 0.309 e. The van der Waals surface area contributed by atoms with Crippen molar-refractivity contribution >= 4 is 17.6 Å². The number of aliphatic carboxylic acids is 1. The predicted octanol–water partition coefficient (Wildman–Crippen LogP) is 0.861. The van der Waals surface area contributed by atoms with Crippen LogP contribution >= 0.6 is 0 Å². The number of carboxylic acid groups (broad SMARTS) is 1. The van der Waals surface area contributed by atoms with E-state index in [2.05, 4.69) is 15.6 Å². The second-order valence-corrected chi connectivity index (χ2v) is 4.71. The monoisotopic (exact) mass is 304 g/mol. The quantitative estimate of drug-likeness (QED) is 0.820. The first-order chi connectivity index (χ1) is 10.5. The molecule has 8 heteroatoms. The van der Waals surface area contributed by atoms with E-state index in [0.717, 1.165) is 5.56 Å². The zero-order valence-electron chi connectivity index (χ0n) is 12.2. The fourth-order valence-corrected chi connectivity index (χ4v) is 1.95. The summed E-state index contributed by atoms with van der Waals surface area (Å²) in [4.78, 5) is 22.8. The number of amides is 1. The van der Waals surface area contributed by atoms with Crippen LogP contribution in [0.4, 0.5) is 5.69 Å². The number of ether oxygens (including phenoxy) is 1. The Kier molecular flexibility index (Phi) is 4.72. The summed E-state index contributed by atoms with van der Waals surface area (Å²) in [5.41, 5.74) is 1.88. The van der Waals surface area contributed by atoms with Gasteiger partial charge >= 0.3 is 5.97 Å². The van der Waals surface area contributed by atoms with Gasteiger partial charge in [-0.25, -0.2) is 4.68 Å². The minimum atomic E-state index is -1.01. The Morgan fingerprint density at radius 1 is 1.41 bits per heavy atom. The fraction of sp³-hybridized carbons (Fsp3) is 0.286. The summed E-state index contributed by atoms with van der Waals surface area (Å²) in [6.07, 6.45) is 1.09. The number of hydrogen-bond acceptors (Lipinski definition) is 5. The number of rotatable bonds is 6. The molecule has 0 unspecified atom stereocenters. The highest BCUT2D eigenvalue weighted by Crippen LogP contribution is 2.25. The van der Waals surface area contributed by atoms with Crippen molar-refractivity contribution in [3.63, 3.8) is 0 Å². The smallest absolute Gasteiger partial charge is 0.309 e. The molecule has 0 aliphatic carbocycles. The highest BCUT2D eigenvalue weighted by atomic mass is 16.5. The predicted molar refractivity (Wildman–Crippen MR) is 77.7 cm³/mol. The fourth-order valence-electron chi connectivity index (χ4n) is 1.95. The first-order valence-electron chi connectivity index (χ1n) is 6.53. The molecule has 2 rings (SSSR count). The Labute approximate surface area is 126 Å². The van der Waals surface area contributed by atoms with Crippen LogP contribution in [0, 0.1) is 6.92 Å². The van der Waals surface area contributed by atoms with Gasteiger partial charge in [-0.05, 0) is 24.6 Å². The van der Waals surface area contributed by atoms with E-state index in [1.54, 1.807) is 12.1 Å². The highest BCUT2D eigenvalue weighted by molar-refractivity contribution is 5.92. The van der Waals surface area contributed by atoms with Gasteiger partial charge in [0.15, 0.2) is 0 Å². The van der Waals surface area contributed by atoms with Crippen molar-refractivity contribution in [1.29, 1.82) is 0 Å².